The molecule has 1 atom stereocenters. The zero-order valence-electron chi connectivity index (χ0n) is 23.2. The van der Waals surface area contributed by atoms with E-state index in [0.717, 1.165) is 16.9 Å². The Kier molecular flexibility index (Phi) is 10.6. The molecule has 0 radical (unpaired) electrons. The second-order valence-electron chi connectivity index (χ2n) is 9.19. The van der Waals surface area contributed by atoms with E-state index in [0.29, 0.717) is 42.3 Å². The molecule has 0 saturated heterocycles. The molecule has 2 amide bonds. The fraction of sp³-hybridized carbons (Fsp3) is 0.400. The summed E-state index contributed by atoms with van der Waals surface area (Å²) in [7, 11) is 4.79. The topological polar surface area (TPSA) is 68.3 Å². The van der Waals surface area contributed by atoms with Crippen molar-refractivity contribution in [1.82, 2.24) is 9.80 Å². The minimum atomic E-state index is -0.182. The summed E-state index contributed by atoms with van der Waals surface area (Å²) >= 11 is 1.68. The third-order valence-electron chi connectivity index (χ3n) is 6.62. The van der Waals surface area contributed by atoms with Crippen molar-refractivity contribution < 1.29 is 23.8 Å². The third-order valence-corrected chi connectivity index (χ3v) is 7.61. The van der Waals surface area contributed by atoms with Gasteiger partial charge in [0.15, 0.2) is 11.5 Å². The van der Waals surface area contributed by atoms with Gasteiger partial charge in [-0.2, -0.15) is 0 Å². The van der Waals surface area contributed by atoms with Gasteiger partial charge in [0.25, 0.3) is 5.91 Å². The minimum absolute atomic E-state index is 0.00133. The summed E-state index contributed by atoms with van der Waals surface area (Å²) in [5.74, 6) is 1.66. The van der Waals surface area contributed by atoms with Gasteiger partial charge in [-0.15, -0.1) is 11.3 Å². The highest BCUT2D eigenvalue weighted by Gasteiger charge is 2.26. The summed E-state index contributed by atoms with van der Waals surface area (Å²) < 4.78 is 16.1. The zero-order valence-corrected chi connectivity index (χ0v) is 24.0. The van der Waals surface area contributed by atoms with E-state index in [1.54, 1.807) is 61.8 Å². The molecule has 0 aliphatic heterocycles. The lowest BCUT2D eigenvalue weighted by Gasteiger charge is -2.31. The van der Waals surface area contributed by atoms with Crippen LogP contribution in [0.15, 0.2) is 54.6 Å². The number of amides is 2. The van der Waals surface area contributed by atoms with E-state index in [4.69, 9.17) is 14.2 Å². The molecule has 2 aromatic carbocycles. The molecule has 7 nitrogen and oxygen atoms in total. The summed E-state index contributed by atoms with van der Waals surface area (Å²) in [4.78, 5) is 33.1. The van der Waals surface area contributed by atoms with Crippen LogP contribution in [0.25, 0.3) is 0 Å². The lowest BCUT2D eigenvalue weighted by molar-refractivity contribution is -0.132. The molecular formula is C30H38N2O5S. The Balaban J connectivity index is 1.83. The smallest absolute Gasteiger partial charge is 0.254 e. The molecule has 0 spiro atoms. The number of hydrogen-bond donors (Lipinski definition) is 0. The number of rotatable bonds is 13. The van der Waals surface area contributed by atoms with Crippen molar-refractivity contribution in [3.63, 3.8) is 0 Å². The average Bonchev–Trinajstić information content (AvgIpc) is 3.36. The summed E-state index contributed by atoms with van der Waals surface area (Å²) in [5, 5.41) is 0. The van der Waals surface area contributed by atoms with Crippen LogP contribution >= 0.6 is 11.3 Å². The van der Waals surface area contributed by atoms with Gasteiger partial charge in [0, 0.05) is 27.9 Å². The molecule has 8 heteroatoms. The van der Waals surface area contributed by atoms with Crippen molar-refractivity contribution >= 4 is 23.2 Å². The Morgan fingerprint density at radius 1 is 0.947 bits per heavy atom. The van der Waals surface area contributed by atoms with Crippen LogP contribution in [0.2, 0.25) is 0 Å². The molecule has 0 N–H and O–H groups in total. The van der Waals surface area contributed by atoms with E-state index in [2.05, 4.69) is 19.1 Å². The number of thiophene rings is 1. The highest BCUT2D eigenvalue weighted by Crippen LogP contribution is 2.28. The summed E-state index contributed by atoms with van der Waals surface area (Å²) in [5.41, 5.74) is 1.54. The third kappa shape index (κ3) is 7.51. The second-order valence-corrected chi connectivity index (χ2v) is 10.6. The molecular weight excluding hydrogens is 500 g/mol. The van der Waals surface area contributed by atoms with Crippen LogP contribution in [0.4, 0.5) is 0 Å². The monoisotopic (exact) mass is 538 g/mol. The summed E-state index contributed by atoms with van der Waals surface area (Å²) in [6.45, 7) is 7.05. The molecule has 0 bridgehead atoms. The van der Waals surface area contributed by atoms with E-state index in [1.807, 2.05) is 36.9 Å². The van der Waals surface area contributed by atoms with Gasteiger partial charge in [-0.25, -0.2) is 0 Å². The molecule has 0 saturated carbocycles. The first-order valence-corrected chi connectivity index (χ1v) is 13.6. The quantitative estimate of drug-likeness (QED) is 0.284. The molecule has 3 aromatic rings. The lowest BCUT2D eigenvalue weighted by Crippen LogP contribution is -2.46. The van der Waals surface area contributed by atoms with Gasteiger partial charge in [-0.3, -0.25) is 9.59 Å². The number of hydrogen-bond acceptors (Lipinski definition) is 6. The number of methoxy groups -OCH3 is 3. The van der Waals surface area contributed by atoms with Crippen LogP contribution in [0.5, 0.6) is 17.2 Å². The van der Waals surface area contributed by atoms with Gasteiger partial charge in [-0.05, 0) is 74.7 Å². The van der Waals surface area contributed by atoms with Gasteiger partial charge in [0.2, 0.25) is 5.91 Å². The first-order chi connectivity index (χ1) is 18.3. The van der Waals surface area contributed by atoms with E-state index in [-0.39, 0.29) is 24.4 Å². The van der Waals surface area contributed by atoms with Crippen molar-refractivity contribution in [3.05, 3.63) is 75.5 Å². The van der Waals surface area contributed by atoms with Gasteiger partial charge in [-0.1, -0.05) is 19.1 Å². The highest BCUT2D eigenvalue weighted by atomic mass is 32.1. The second kappa shape index (κ2) is 13.9. The number of aryl methyl sites for hydroxylation is 1. The molecule has 204 valence electrons. The van der Waals surface area contributed by atoms with Gasteiger partial charge in [0.1, 0.15) is 12.3 Å². The van der Waals surface area contributed by atoms with Crippen molar-refractivity contribution in [2.75, 3.05) is 34.4 Å². The fourth-order valence-electron chi connectivity index (χ4n) is 4.17. The van der Waals surface area contributed by atoms with Crippen LogP contribution in [0, 0.1) is 6.92 Å². The number of benzene rings is 2. The predicted molar refractivity (Wildman–Crippen MR) is 152 cm³/mol. The van der Waals surface area contributed by atoms with E-state index in [1.165, 1.54) is 4.88 Å². The Morgan fingerprint density at radius 2 is 1.71 bits per heavy atom. The molecule has 1 aromatic heterocycles. The molecule has 1 unspecified atom stereocenters. The standard InChI is InChI=1S/C30H38N2O5S/c1-7-21(2)32(30(34)24-9-8-10-25(18-24)35-4)20-29(33)31(19-26-13-11-22(3)38-26)16-15-23-12-14-27(36-5)28(17-23)37-6/h8-14,17-18,21H,7,15-16,19-20H2,1-6H3. The predicted octanol–water partition coefficient (Wildman–Crippen LogP) is 5.59. The zero-order chi connectivity index (χ0) is 27.7. The Bertz CT molecular complexity index is 1220. The van der Waals surface area contributed by atoms with Crippen molar-refractivity contribution in [2.24, 2.45) is 0 Å². The molecule has 0 aliphatic carbocycles. The van der Waals surface area contributed by atoms with Crippen LogP contribution in [-0.4, -0.2) is 62.1 Å². The van der Waals surface area contributed by atoms with Crippen molar-refractivity contribution in [2.45, 2.75) is 46.2 Å². The lowest BCUT2D eigenvalue weighted by atomic mass is 10.1. The maximum atomic E-state index is 13.8. The first kappa shape index (κ1) is 29.0. The number of nitrogens with zero attached hydrogens (tertiary/aromatic N) is 2. The number of ether oxygens (including phenoxy) is 3. The van der Waals surface area contributed by atoms with Crippen LogP contribution in [0.3, 0.4) is 0 Å². The number of carbonyl (C=O) groups excluding carboxylic acids is 2. The highest BCUT2D eigenvalue weighted by molar-refractivity contribution is 7.11. The van der Waals surface area contributed by atoms with E-state index < -0.39 is 0 Å². The maximum Gasteiger partial charge on any atom is 0.254 e. The van der Waals surface area contributed by atoms with Crippen molar-refractivity contribution in [3.8, 4) is 17.2 Å². The fourth-order valence-corrected chi connectivity index (χ4v) is 5.07. The molecule has 1 heterocycles. The van der Waals surface area contributed by atoms with Gasteiger partial charge < -0.3 is 24.0 Å². The molecule has 0 aliphatic rings. The maximum absolute atomic E-state index is 13.8. The SMILES string of the molecule is CCC(C)N(CC(=O)N(CCc1ccc(OC)c(OC)c1)Cc1ccc(C)s1)C(=O)c1cccc(OC)c1. The summed E-state index contributed by atoms with van der Waals surface area (Å²) in [6.07, 6.45) is 1.38. The van der Waals surface area contributed by atoms with Crippen molar-refractivity contribution in [1.29, 1.82) is 0 Å². The van der Waals surface area contributed by atoms with Gasteiger partial charge >= 0.3 is 0 Å². The molecule has 0 fully saturated rings. The Morgan fingerprint density at radius 3 is 2.34 bits per heavy atom. The van der Waals surface area contributed by atoms with Crippen LogP contribution in [-0.2, 0) is 17.8 Å². The number of carbonyl (C=O) groups is 2. The van der Waals surface area contributed by atoms with Crippen LogP contribution < -0.4 is 14.2 Å². The van der Waals surface area contributed by atoms with Crippen LogP contribution in [0.1, 0.15) is 45.9 Å². The van der Waals surface area contributed by atoms with E-state index in [9.17, 15) is 9.59 Å². The summed E-state index contributed by atoms with van der Waals surface area (Å²) in [6, 6.07) is 16.9. The van der Waals surface area contributed by atoms with Gasteiger partial charge in [0.05, 0.1) is 27.9 Å². The van der Waals surface area contributed by atoms with E-state index >= 15 is 0 Å². The normalized spacial score (nSPS) is 11.5. The Hall–Kier alpha value is -3.52. The Labute approximate surface area is 229 Å². The average molecular weight is 539 g/mol. The largest absolute Gasteiger partial charge is 0.497 e. The first-order valence-electron chi connectivity index (χ1n) is 12.8. The molecule has 3 rings (SSSR count). The molecule has 38 heavy (non-hydrogen) atoms. The minimum Gasteiger partial charge on any atom is -0.497 e.